The lowest BCUT2D eigenvalue weighted by Crippen LogP contribution is -2.30. The van der Waals surface area contributed by atoms with Crippen molar-refractivity contribution in [2.24, 2.45) is 0 Å². The Bertz CT molecular complexity index is 1010. The van der Waals surface area contributed by atoms with Crippen molar-refractivity contribution in [3.05, 3.63) is 59.7 Å². The average molecular weight is 465 g/mol. The molecule has 2 aromatic carbocycles. The highest BCUT2D eigenvalue weighted by molar-refractivity contribution is 7.22. The fourth-order valence-electron chi connectivity index (χ4n) is 4.37. The topological polar surface area (TPSA) is 48.5 Å². The van der Waals surface area contributed by atoms with Crippen molar-refractivity contribution in [2.75, 3.05) is 37.6 Å². The first-order valence-corrected chi connectivity index (χ1v) is 13.2. The molecule has 0 atom stereocenters. The highest BCUT2D eigenvalue weighted by atomic mass is 32.1. The molecule has 1 N–H and O–H groups in total. The van der Waals surface area contributed by atoms with Gasteiger partial charge in [0.05, 0.1) is 10.2 Å². The predicted octanol–water partition coefficient (Wildman–Crippen LogP) is 5.71. The first kappa shape index (κ1) is 23.7. The Kier molecular flexibility index (Phi) is 8.72. The summed E-state index contributed by atoms with van der Waals surface area (Å²) in [6.07, 6.45) is 7.14. The number of unbranched alkanes of at least 4 members (excludes halogenated alkanes) is 1. The van der Waals surface area contributed by atoms with Crippen molar-refractivity contribution in [1.82, 2.24) is 15.2 Å². The van der Waals surface area contributed by atoms with Gasteiger partial charge in [-0.2, -0.15) is 0 Å². The van der Waals surface area contributed by atoms with Crippen LogP contribution in [0.1, 0.15) is 61.4 Å². The van der Waals surface area contributed by atoms with Crippen LogP contribution in [0.5, 0.6) is 0 Å². The molecule has 1 fully saturated rings. The SMILES string of the molecule is CCCCN(CCCNC(=O)c1ccc2nc(N3CCCCC3)sc2c1)Cc1ccccc1. The smallest absolute Gasteiger partial charge is 0.251 e. The van der Waals surface area contributed by atoms with E-state index in [9.17, 15) is 4.79 Å². The van der Waals surface area contributed by atoms with Crippen LogP contribution in [0.2, 0.25) is 0 Å². The van der Waals surface area contributed by atoms with Crippen molar-refractivity contribution in [3.63, 3.8) is 0 Å². The van der Waals surface area contributed by atoms with Crippen LogP contribution in [0.15, 0.2) is 48.5 Å². The summed E-state index contributed by atoms with van der Waals surface area (Å²) in [6, 6.07) is 16.5. The van der Waals surface area contributed by atoms with Gasteiger partial charge in [-0.05, 0) is 62.4 Å². The van der Waals surface area contributed by atoms with E-state index in [1.807, 2.05) is 18.2 Å². The van der Waals surface area contributed by atoms with Crippen molar-refractivity contribution in [3.8, 4) is 0 Å². The van der Waals surface area contributed by atoms with E-state index in [2.05, 4.69) is 52.4 Å². The van der Waals surface area contributed by atoms with E-state index >= 15 is 0 Å². The Hall–Kier alpha value is -2.44. The maximum atomic E-state index is 12.8. The second kappa shape index (κ2) is 12.1. The Morgan fingerprint density at radius 3 is 2.64 bits per heavy atom. The number of fused-ring (bicyclic) bond motifs is 1. The molecular weight excluding hydrogens is 428 g/mol. The van der Waals surface area contributed by atoms with Gasteiger partial charge in [0.25, 0.3) is 5.91 Å². The second-order valence-corrected chi connectivity index (χ2v) is 9.96. The summed E-state index contributed by atoms with van der Waals surface area (Å²) in [5, 5.41) is 4.21. The maximum Gasteiger partial charge on any atom is 0.251 e. The lowest BCUT2D eigenvalue weighted by atomic mass is 10.1. The zero-order chi connectivity index (χ0) is 22.9. The Balaban J connectivity index is 1.28. The van der Waals surface area contributed by atoms with Gasteiger partial charge in [0.15, 0.2) is 5.13 Å². The number of hydrogen-bond acceptors (Lipinski definition) is 5. The highest BCUT2D eigenvalue weighted by Crippen LogP contribution is 2.31. The number of anilines is 1. The van der Waals surface area contributed by atoms with E-state index in [0.29, 0.717) is 6.54 Å². The number of hydrogen-bond donors (Lipinski definition) is 1. The molecule has 0 spiro atoms. The molecule has 1 amide bonds. The molecular formula is C27H36N4OS. The summed E-state index contributed by atoms with van der Waals surface area (Å²) in [7, 11) is 0. The molecule has 1 aromatic heterocycles. The fourth-order valence-corrected chi connectivity index (χ4v) is 5.43. The van der Waals surface area contributed by atoms with Gasteiger partial charge < -0.3 is 10.2 Å². The summed E-state index contributed by atoms with van der Waals surface area (Å²) in [5.74, 6) is 0.00740. The third kappa shape index (κ3) is 6.78. The van der Waals surface area contributed by atoms with Crippen LogP contribution in [0.25, 0.3) is 10.2 Å². The van der Waals surface area contributed by atoms with Crippen LogP contribution in [-0.4, -0.2) is 48.5 Å². The lowest BCUT2D eigenvalue weighted by molar-refractivity contribution is 0.0951. The Morgan fingerprint density at radius 2 is 1.85 bits per heavy atom. The standard InChI is InChI=1S/C27H36N4OS/c1-2-3-16-30(21-22-11-6-4-7-12-22)17-10-15-28-26(32)23-13-14-24-25(20-23)33-27(29-24)31-18-8-5-9-19-31/h4,6-7,11-14,20H,2-3,5,8-10,15-19,21H2,1H3,(H,28,32). The number of amides is 1. The van der Waals surface area contributed by atoms with E-state index in [4.69, 9.17) is 4.98 Å². The molecule has 176 valence electrons. The molecule has 2 heterocycles. The predicted molar refractivity (Wildman–Crippen MR) is 139 cm³/mol. The second-order valence-electron chi connectivity index (χ2n) is 8.95. The maximum absolute atomic E-state index is 12.8. The van der Waals surface area contributed by atoms with E-state index in [0.717, 1.165) is 60.1 Å². The number of aromatic nitrogens is 1. The minimum absolute atomic E-state index is 0.00740. The quantitative estimate of drug-likeness (QED) is 0.369. The molecule has 6 heteroatoms. The number of nitrogens with zero attached hydrogens (tertiary/aromatic N) is 3. The van der Waals surface area contributed by atoms with Gasteiger partial charge in [-0.25, -0.2) is 4.98 Å². The number of carbonyl (C=O) groups excluding carboxylic acids is 1. The molecule has 0 aliphatic carbocycles. The van der Waals surface area contributed by atoms with Gasteiger partial charge in [0.2, 0.25) is 0 Å². The normalized spacial score (nSPS) is 14.2. The highest BCUT2D eigenvalue weighted by Gasteiger charge is 2.16. The van der Waals surface area contributed by atoms with E-state index in [1.54, 1.807) is 11.3 Å². The van der Waals surface area contributed by atoms with E-state index in [-0.39, 0.29) is 5.91 Å². The first-order valence-electron chi connectivity index (χ1n) is 12.4. The number of carbonyl (C=O) groups is 1. The van der Waals surface area contributed by atoms with Crippen LogP contribution in [0.3, 0.4) is 0 Å². The average Bonchev–Trinajstić information content (AvgIpc) is 3.29. The van der Waals surface area contributed by atoms with Gasteiger partial charge >= 0.3 is 0 Å². The van der Waals surface area contributed by atoms with Crippen molar-refractivity contribution in [1.29, 1.82) is 0 Å². The third-order valence-corrected chi connectivity index (χ3v) is 7.36. The molecule has 5 nitrogen and oxygen atoms in total. The molecule has 33 heavy (non-hydrogen) atoms. The summed E-state index contributed by atoms with van der Waals surface area (Å²) in [4.78, 5) is 22.4. The molecule has 1 aliphatic heterocycles. The molecule has 1 saturated heterocycles. The van der Waals surface area contributed by atoms with Gasteiger partial charge in [0.1, 0.15) is 0 Å². The number of nitrogens with one attached hydrogen (secondary N) is 1. The largest absolute Gasteiger partial charge is 0.352 e. The molecule has 0 saturated carbocycles. The third-order valence-electron chi connectivity index (χ3n) is 6.28. The van der Waals surface area contributed by atoms with Crippen LogP contribution >= 0.6 is 11.3 Å². The van der Waals surface area contributed by atoms with Gasteiger partial charge in [-0.15, -0.1) is 0 Å². The molecule has 0 unspecified atom stereocenters. The van der Waals surface area contributed by atoms with E-state index < -0.39 is 0 Å². The minimum atomic E-state index is 0.00740. The molecule has 3 aromatic rings. The zero-order valence-corrected chi connectivity index (χ0v) is 20.6. The Labute approximate surface area is 201 Å². The lowest BCUT2D eigenvalue weighted by Gasteiger charge is -2.25. The fraction of sp³-hybridized carbons (Fsp3) is 0.481. The van der Waals surface area contributed by atoms with Crippen molar-refractivity contribution < 1.29 is 4.79 Å². The van der Waals surface area contributed by atoms with Crippen LogP contribution in [-0.2, 0) is 6.54 Å². The molecule has 4 rings (SSSR count). The van der Waals surface area contributed by atoms with Crippen LogP contribution < -0.4 is 10.2 Å². The van der Waals surface area contributed by atoms with Crippen molar-refractivity contribution in [2.45, 2.75) is 52.0 Å². The minimum Gasteiger partial charge on any atom is -0.352 e. The zero-order valence-electron chi connectivity index (χ0n) is 19.8. The molecule has 1 aliphatic rings. The number of rotatable bonds is 11. The number of piperidine rings is 1. The summed E-state index contributed by atoms with van der Waals surface area (Å²) in [6.45, 7) is 8.16. The molecule has 0 bridgehead atoms. The number of benzene rings is 2. The summed E-state index contributed by atoms with van der Waals surface area (Å²) >= 11 is 1.70. The van der Waals surface area contributed by atoms with Crippen LogP contribution in [0, 0.1) is 0 Å². The Morgan fingerprint density at radius 1 is 1.06 bits per heavy atom. The van der Waals surface area contributed by atoms with Crippen LogP contribution in [0.4, 0.5) is 5.13 Å². The summed E-state index contributed by atoms with van der Waals surface area (Å²) < 4.78 is 1.09. The van der Waals surface area contributed by atoms with E-state index in [1.165, 1.54) is 37.7 Å². The first-order chi connectivity index (χ1) is 16.2. The van der Waals surface area contributed by atoms with Gasteiger partial charge in [0, 0.05) is 38.3 Å². The number of thiazole rings is 1. The summed E-state index contributed by atoms with van der Waals surface area (Å²) in [5.41, 5.74) is 3.06. The molecule has 0 radical (unpaired) electrons. The van der Waals surface area contributed by atoms with Gasteiger partial charge in [-0.1, -0.05) is 55.0 Å². The van der Waals surface area contributed by atoms with Gasteiger partial charge in [-0.3, -0.25) is 9.69 Å². The van der Waals surface area contributed by atoms with Crippen molar-refractivity contribution >= 4 is 32.6 Å². The monoisotopic (exact) mass is 464 g/mol.